The van der Waals surface area contributed by atoms with Gasteiger partial charge in [-0.25, -0.2) is 9.97 Å². The largest absolute Gasteiger partial charge is 0.481 e. The first-order valence-electron chi connectivity index (χ1n) is 7.90. The minimum atomic E-state index is -0.697. The molecule has 2 aliphatic rings. The third-order valence-electron chi connectivity index (χ3n) is 4.74. The Morgan fingerprint density at radius 1 is 1.32 bits per heavy atom. The predicted octanol–water partition coefficient (Wildman–Crippen LogP) is 2.79. The molecule has 0 aromatic carbocycles. The molecule has 0 saturated carbocycles. The van der Waals surface area contributed by atoms with Gasteiger partial charge in [-0.15, -0.1) is 11.3 Å². The van der Waals surface area contributed by atoms with E-state index >= 15 is 0 Å². The van der Waals surface area contributed by atoms with E-state index in [1.165, 1.54) is 28.7 Å². The Morgan fingerprint density at radius 2 is 2.14 bits per heavy atom. The number of hydrogen-bond donors (Lipinski definition) is 1. The van der Waals surface area contributed by atoms with Crippen LogP contribution in [0.2, 0.25) is 0 Å². The summed E-state index contributed by atoms with van der Waals surface area (Å²) in [6.45, 7) is 3.26. The first-order valence-corrected chi connectivity index (χ1v) is 8.72. The molecular weight excluding hydrogens is 298 g/mol. The lowest BCUT2D eigenvalue weighted by Crippen LogP contribution is -2.24. The van der Waals surface area contributed by atoms with Gasteiger partial charge >= 0.3 is 5.97 Å². The van der Waals surface area contributed by atoms with Crippen molar-refractivity contribution in [2.24, 2.45) is 5.92 Å². The maximum atomic E-state index is 11.2. The van der Waals surface area contributed by atoms with E-state index in [4.69, 9.17) is 0 Å². The standard InChI is InChI=1S/C16H19N3O2S/c1-9-17-14(19-7-6-10(8-19)16(20)21)13-11-4-2-3-5-12(11)22-15(13)18-9/h10H,2-8H2,1H3,(H,20,21). The summed E-state index contributed by atoms with van der Waals surface area (Å²) < 4.78 is 0. The van der Waals surface area contributed by atoms with E-state index in [2.05, 4.69) is 14.9 Å². The molecule has 0 bridgehead atoms. The molecule has 2 aromatic heterocycles. The Kier molecular flexibility index (Phi) is 3.29. The molecule has 1 N–H and O–H groups in total. The summed E-state index contributed by atoms with van der Waals surface area (Å²) >= 11 is 1.80. The van der Waals surface area contributed by atoms with Gasteiger partial charge in [0.25, 0.3) is 0 Å². The number of carbonyl (C=O) groups is 1. The number of carboxylic acid groups (broad SMARTS) is 1. The van der Waals surface area contributed by atoms with E-state index < -0.39 is 5.97 Å². The summed E-state index contributed by atoms with van der Waals surface area (Å²) in [5.74, 6) is 0.766. The van der Waals surface area contributed by atoms with Crippen LogP contribution in [0.15, 0.2) is 0 Å². The van der Waals surface area contributed by atoms with Crippen molar-refractivity contribution in [3.8, 4) is 0 Å². The van der Waals surface area contributed by atoms with Crippen LogP contribution in [0.1, 0.15) is 35.5 Å². The van der Waals surface area contributed by atoms with E-state index in [0.717, 1.165) is 35.9 Å². The van der Waals surface area contributed by atoms with Gasteiger partial charge in [0.2, 0.25) is 0 Å². The van der Waals surface area contributed by atoms with Crippen LogP contribution in [0.5, 0.6) is 0 Å². The fourth-order valence-corrected chi connectivity index (χ4v) is 4.93. The Balaban J connectivity index is 1.83. The summed E-state index contributed by atoms with van der Waals surface area (Å²) in [7, 11) is 0. The van der Waals surface area contributed by atoms with Crippen molar-refractivity contribution >= 4 is 33.3 Å². The van der Waals surface area contributed by atoms with E-state index in [0.29, 0.717) is 13.0 Å². The summed E-state index contributed by atoms with van der Waals surface area (Å²) in [4.78, 5) is 25.2. The lowest BCUT2D eigenvalue weighted by atomic mass is 9.97. The van der Waals surface area contributed by atoms with Crippen LogP contribution in [-0.4, -0.2) is 34.1 Å². The van der Waals surface area contributed by atoms with E-state index in [-0.39, 0.29) is 5.92 Å². The Hall–Kier alpha value is -1.69. The molecule has 22 heavy (non-hydrogen) atoms. The molecule has 3 heterocycles. The van der Waals surface area contributed by atoms with Gasteiger partial charge in [0.1, 0.15) is 16.5 Å². The molecule has 2 aromatic rings. The van der Waals surface area contributed by atoms with Gasteiger partial charge in [-0.1, -0.05) is 0 Å². The second-order valence-electron chi connectivity index (χ2n) is 6.26. The summed E-state index contributed by atoms with van der Waals surface area (Å²) in [6, 6.07) is 0. The molecule has 6 heteroatoms. The number of rotatable bonds is 2. The summed E-state index contributed by atoms with van der Waals surface area (Å²) in [5, 5.41) is 10.4. The number of aryl methyl sites for hydroxylation is 3. The lowest BCUT2D eigenvalue weighted by molar-refractivity contribution is -0.140. The van der Waals surface area contributed by atoms with Gasteiger partial charge in [0, 0.05) is 18.0 Å². The topological polar surface area (TPSA) is 66.3 Å². The molecule has 0 amide bonds. The highest BCUT2D eigenvalue weighted by molar-refractivity contribution is 7.19. The maximum absolute atomic E-state index is 11.2. The van der Waals surface area contributed by atoms with Gasteiger partial charge in [-0.3, -0.25) is 4.79 Å². The predicted molar refractivity (Wildman–Crippen MR) is 86.7 cm³/mol. The minimum Gasteiger partial charge on any atom is -0.481 e. The quantitative estimate of drug-likeness (QED) is 0.922. The molecular formula is C16H19N3O2S. The normalized spacial score (nSPS) is 21.3. The highest BCUT2D eigenvalue weighted by Crippen LogP contribution is 2.40. The molecule has 1 atom stereocenters. The average molecular weight is 317 g/mol. The molecule has 116 valence electrons. The summed E-state index contributed by atoms with van der Waals surface area (Å²) in [6.07, 6.45) is 5.43. The highest BCUT2D eigenvalue weighted by Gasteiger charge is 2.31. The molecule has 0 radical (unpaired) electrons. The van der Waals surface area contributed by atoms with Crippen LogP contribution in [0.3, 0.4) is 0 Å². The lowest BCUT2D eigenvalue weighted by Gasteiger charge is -2.20. The van der Waals surface area contributed by atoms with Crippen LogP contribution >= 0.6 is 11.3 Å². The van der Waals surface area contributed by atoms with Crippen LogP contribution in [0, 0.1) is 12.8 Å². The second-order valence-corrected chi connectivity index (χ2v) is 7.34. The number of aromatic nitrogens is 2. The van der Waals surface area contributed by atoms with E-state index in [9.17, 15) is 9.90 Å². The van der Waals surface area contributed by atoms with Gasteiger partial charge in [-0.2, -0.15) is 0 Å². The zero-order valence-corrected chi connectivity index (χ0v) is 13.4. The number of carboxylic acids is 1. The summed E-state index contributed by atoms with van der Waals surface area (Å²) in [5.41, 5.74) is 1.42. The zero-order chi connectivity index (χ0) is 15.3. The van der Waals surface area contributed by atoms with Crippen LogP contribution in [-0.2, 0) is 17.6 Å². The number of nitrogens with zero attached hydrogens (tertiary/aromatic N) is 3. The Bertz CT molecular complexity index is 755. The molecule has 5 nitrogen and oxygen atoms in total. The molecule has 1 fully saturated rings. The third kappa shape index (κ3) is 2.17. The van der Waals surface area contributed by atoms with Crippen LogP contribution in [0.25, 0.3) is 10.2 Å². The number of hydrogen-bond acceptors (Lipinski definition) is 5. The zero-order valence-electron chi connectivity index (χ0n) is 12.6. The fourth-order valence-electron chi connectivity index (χ4n) is 3.62. The van der Waals surface area contributed by atoms with Gasteiger partial charge < -0.3 is 10.0 Å². The van der Waals surface area contributed by atoms with Gasteiger partial charge in [-0.05, 0) is 44.6 Å². The van der Waals surface area contributed by atoms with Gasteiger partial charge in [0.15, 0.2) is 0 Å². The number of anilines is 1. The van der Waals surface area contributed by atoms with Crippen molar-refractivity contribution in [3.63, 3.8) is 0 Å². The third-order valence-corrected chi connectivity index (χ3v) is 5.93. The van der Waals surface area contributed by atoms with Crippen molar-refractivity contribution < 1.29 is 9.90 Å². The van der Waals surface area contributed by atoms with Crippen molar-refractivity contribution in [3.05, 3.63) is 16.3 Å². The van der Waals surface area contributed by atoms with E-state index in [1.54, 1.807) is 11.3 Å². The molecule has 0 spiro atoms. The average Bonchev–Trinajstić information content (AvgIpc) is 3.10. The first kappa shape index (κ1) is 13.9. The fraction of sp³-hybridized carbons (Fsp3) is 0.562. The number of thiophene rings is 1. The molecule has 1 unspecified atom stereocenters. The monoisotopic (exact) mass is 317 g/mol. The molecule has 1 aliphatic heterocycles. The van der Waals surface area contributed by atoms with Crippen molar-refractivity contribution in [1.29, 1.82) is 0 Å². The Labute approximate surface area is 133 Å². The first-order chi connectivity index (χ1) is 10.6. The van der Waals surface area contributed by atoms with Crippen molar-refractivity contribution in [1.82, 2.24) is 9.97 Å². The van der Waals surface area contributed by atoms with Crippen molar-refractivity contribution in [2.75, 3.05) is 18.0 Å². The maximum Gasteiger partial charge on any atom is 0.308 e. The highest BCUT2D eigenvalue weighted by atomic mass is 32.1. The molecule has 1 aliphatic carbocycles. The minimum absolute atomic E-state index is 0.278. The molecule has 4 rings (SSSR count). The smallest absolute Gasteiger partial charge is 0.308 e. The Morgan fingerprint density at radius 3 is 2.91 bits per heavy atom. The van der Waals surface area contributed by atoms with Crippen LogP contribution in [0.4, 0.5) is 5.82 Å². The second kappa shape index (κ2) is 5.19. The van der Waals surface area contributed by atoms with Crippen LogP contribution < -0.4 is 4.90 Å². The van der Waals surface area contributed by atoms with Crippen molar-refractivity contribution in [2.45, 2.75) is 39.0 Å². The number of aliphatic carboxylic acids is 1. The van der Waals surface area contributed by atoms with E-state index in [1.807, 2.05) is 6.92 Å². The SMILES string of the molecule is Cc1nc(N2CCC(C(=O)O)C2)c2c3c(sc2n1)CCCC3. The van der Waals surface area contributed by atoms with Gasteiger partial charge in [0.05, 0.1) is 11.3 Å². The number of fused-ring (bicyclic) bond motifs is 3. The molecule has 1 saturated heterocycles.